The minimum Gasteiger partial charge on any atom is -0.444 e. The Morgan fingerprint density at radius 2 is 2.05 bits per heavy atom. The zero-order chi connectivity index (χ0) is 15.3. The van der Waals surface area contributed by atoms with E-state index in [1.165, 1.54) is 5.56 Å². The molecule has 0 aliphatic carbocycles. The highest BCUT2D eigenvalue weighted by molar-refractivity contribution is 5.69. The van der Waals surface area contributed by atoms with Gasteiger partial charge in [0, 0.05) is 6.54 Å². The minimum absolute atomic E-state index is 0.170. The number of ether oxygens (including phenoxy) is 1. The summed E-state index contributed by atoms with van der Waals surface area (Å²) in [6, 6.07) is 10.5. The van der Waals surface area contributed by atoms with Crippen LogP contribution in [0.5, 0.6) is 0 Å². The Balaban J connectivity index is 1.91. The highest BCUT2D eigenvalue weighted by Crippen LogP contribution is 2.21. The third-order valence-electron chi connectivity index (χ3n) is 3.48. The second kappa shape index (κ2) is 6.79. The van der Waals surface area contributed by atoms with Gasteiger partial charge in [0.1, 0.15) is 5.60 Å². The standard InChI is InChI=1S/C18H25NO2/c1-18(2,3)21-17(20)19-14-8-13-16(19)12-7-11-15-9-5-4-6-10-15/h4-7,9-10,12,16H,8,11,13-14H2,1-3H3/t16-/m1/s1. The van der Waals surface area contributed by atoms with Crippen LogP contribution < -0.4 is 0 Å². The summed E-state index contributed by atoms with van der Waals surface area (Å²) < 4.78 is 5.47. The van der Waals surface area contributed by atoms with E-state index in [1.54, 1.807) is 0 Å². The van der Waals surface area contributed by atoms with Crippen LogP contribution in [0.4, 0.5) is 4.79 Å². The van der Waals surface area contributed by atoms with E-state index >= 15 is 0 Å². The predicted molar refractivity (Wildman–Crippen MR) is 85.2 cm³/mol. The van der Waals surface area contributed by atoms with Gasteiger partial charge in [0.15, 0.2) is 0 Å². The molecule has 3 nitrogen and oxygen atoms in total. The summed E-state index contributed by atoms with van der Waals surface area (Å²) in [6.07, 6.45) is 7.06. The molecule has 1 aromatic carbocycles. The molecule has 1 aliphatic heterocycles. The van der Waals surface area contributed by atoms with E-state index in [9.17, 15) is 4.79 Å². The van der Waals surface area contributed by atoms with Crippen LogP contribution in [0.25, 0.3) is 0 Å². The lowest BCUT2D eigenvalue weighted by atomic mass is 10.1. The third-order valence-corrected chi connectivity index (χ3v) is 3.48. The number of carbonyl (C=O) groups excluding carboxylic acids is 1. The molecule has 0 spiro atoms. The molecule has 114 valence electrons. The number of nitrogens with zero attached hydrogens (tertiary/aromatic N) is 1. The van der Waals surface area contributed by atoms with Gasteiger partial charge in [0.05, 0.1) is 6.04 Å². The second-order valence-corrected chi connectivity index (χ2v) is 6.50. The molecule has 1 saturated heterocycles. The molecule has 0 unspecified atom stereocenters. The molecule has 1 amide bonds. The topological polar surface area (TPSA) is 29.5 Å². The van der Waals surface area contributed by atoms with Gasteiger partial charge >= 0.3 is 6.09 Å². The fourth-order valence-electron chi connectivity index (χ4n) is 2.52. The van der Waals surface area contributed by atoms with Crippen molar-refractivity contribution < 1.29 is 9.53 Å². The van der Waals surface area contributed by atoms with Crippen LogP contribution >= 0.6 is 0 Å². The van der Waals surface area contributed by atoms with Crippen molar-refractivity contribution in [1.29, 1.82) is 0 Å². The molecule has 1 aromatic rings. The molecule has 0 aromatic heterocycles. The Morgan fingerprint density at radius 3 is 2.71 bits per heavy atom. The van der Waals surface area contributed by atoms with E-state index in [1.807, 2.05) is 43.9 Å². The monoisotopic (exact) mass is 287 g/mol. The number of hydrogen-bond donors (Lipinski definition) is 0. The molecule has 1 atom stereocenters. The predicted octanol–water partition coefficient (Wildman–Crippen LogP) is 4.18. The van der Waals surface area contributed by atoms with Crippen LogP contribution in [-0.4, -0.2) is 29.2 Å². The van der Waals surface area contributed by atoms with Gasteiger partial charge in [-0.2, -0.15) is 0 Å². The quantitative estimate of drug-likeness (QED) is 0.780. The third kappa shape index (κ3) is 4.92. The lowest BCUT2D eigenvalue weighted by Gasteiger charge is -2.27. The average Bonchev–Trinajstić information content (AvgIpc) is 2.86. The lowest BCUT2D eigenvalue weighted by Crippen LogP contribution is -2.39. The first-order valence-electron chi connectivity index (χ1n) is 7.66. The summed E-state index contributed by atoms with van der Waals surface area (Å²) >= 11 is 0. The van der Waals surface area contributed by atoms with Crippen LogP contribution in [0.3, 0.4) is 0 Å². The molecule has 0 radical (unpaired) electrons. The van der Waals surface area contributed by atoms with E-state index < -0.39 is 5.60 Å². The number of carbonyl (C=O) groups is 1. The van der Waals surface area contributed by atoms with E-state index in [2.05, 4.69) is 24.3 Å². The number of rotatable bonds is 3. The van der Waals surface area contributed by atoms with Gasteiger partial charge in [0.2, 0.25) is 0 Å². The van der Waals surface area contributed by atoms with Crippen LogP contribution in [0, 0.1) is 0 Å². The van der Waals surface area contributed by atoms with Gasteiger partial charge in [-0.15, -0.1) is 0 Å². The van der Waals surface area contributed by atoms with Crippen molar-refractivity contribution in [2.24, 2.45) is 0 Å². The van der Waals surface area contributed by atoms with Crippen molar-refractivity contribution in [3.63, 3.8) is 0 Å². The number of allylic oxidation sites excluding steroid dienone is 1. The highest BCUT2D eigenvalue weighted by Gasteiger charge is 2.30. The minimum atomic E-state index is -0.433. The van der Waals surface area contributed by atoms with Crippen molar-refractivity contribution in [3.8, 4) is 0 Å². The van der Waals surface area contributed by atoms with Gasteiger partial charge in [-0.1, -0.05) is 42.5 Å². The Hall–Kier alpha value is -1.77. The molecular formula is C18H25NO2. The summed E-state index contributed by atoms with van der Waals surface area (Å²) in [6.45, 7) is 6.50. The molecule has 3 heteroatoms. The van der Waals surface area contributed by atoms with Gasteiger partial charge < -0.3 is 9.64 Å². The largest absolute Gasteiger partial charge is 0.444 e. The summed E-state index contributed by atoms with van der Waals surface area (Å²) in [5.74, 6) is 0. The Bertz CT molecular complexity index is 488. The molecule has 2 rings (SSSR count). The lowest BCUT2D eigenvalue weighted by molar-refractivity contribution is 0.0256. The van der Waals surface area contributed by atoms with Gasteiger partial charge in [-0.25, -0.2) is 4.79 Å². The molecule has 0 N–H and O–H groups in total. The maximum Gasteiger partial charge on any atom is 0.410 e. The second-order valence-electron chi connectivity index (χ2n) is 6.50. The van der Waals surface area contributed by atoms with E-state index in [-0.39, 0.29) is 12.1 Å². The molecule has 1 aliphatic rings. The van der Waals surface area contributed by atoms with Crippen molar-refractivity contribution in [2.75, 3.05) is 6.54 Å². The van der Waals surface area contributed by atoms with Crippen molar-refractivity contribution in [2.45, 2.75) is 51.7 Å². The first kappa shape index (κ1) is 15.6. The number of benzene rings is 1. The molecule has 0 saturated carbocycles. The Morgan fingerprint density at radius 1 is 1.33 bits per heavy atom. The van der Waals surface area contributed by atoms with Crippen LogP contribution in [0.2, 0.25) is 0 Å². The van der Waals surface area contributed by atoms with Crippen molar-refractivity contribution in [3.05, 3.63) is 48.0 Å². The van der Waals surface area contributed by atoms with E-state index in [0.717, 1.165) is 25.8 Å². The number of hydrogen-bond acceptors (Lipinski definition) is 2. The molecular weight excluding hydrogens is 262 g/mol. The number of likely N-dealkylation sites (tertiary alicyclic amines) is 1. The molecule has 1 heterocycles. The first-order valence-corrected chi connectivity index (χ1v) is 7.66. The van der Waals surface area contributed by atoms with Gasteiger partial charge in [-0.05, 0) is 45.6 Å². The fraction of sp³-hybridized carbons (Fsp3) is 0.500. The normalized spacial score (nSPS) is 19.2. The molecule has 21 heavy (non-hydrogen) atoms. The summed E-state index contributed by atoms with van der Waals surface area (Å²) in [5, 5.41) is 0. The first-order chi connectivity index (χ1) is 9.96. The highest BCUT2D eigenvalue weighted by atomic mass is 16.6. The maximum atomic E-state index is 12.2. The summed E-state index contributed by atoms with van der Waals surface area (Å²) in [7, 11) is 0. The Labute approximate surface area is 127 Å². The number of amides is 1. The Kier molecular flexibility index (Phi) is 5.05. The van der Waals surface area contributed by atoms with Crippen molar-refractivity contribution in [1.82, 2.24) is 4.90 Å². The van der Waals surface area contributed by atoms with Crippen LogP contribution in [-0.2, 0) is 11.2 Å². The van der Waals surface area contributed by atoms with E-state index in [4.69, 9.17) is 4.74 Å². The van der Waals surface area contributed by atoms with Crippen LogP contribution in [0.1, 0.15) is 39.2 Å². The van der Waals surface area contributed by atoms with Crippen molar-refractivity contribution >= 4 is 6.09 Å². The van der Waals surface area contributed by atoms with Gasteiger partial charge in [-0.3, -0.25) is 0 Å². The molecule has 0 bridgehead atoms. The zero-order valence-electron chi connectivity index (χ0n) is 13.2. The fourth-order valence-corrected chi connectivity index (χ4v) is 2.52. The zero-order valence-corrected chi connectivity index (χ0v) is 13.2. The SMILES string of the molecule is CC(C)(C)OC(=O)N1CCC[C@H]1C=CCc1ccccc1. The smallest absolute Gasteiger partial charge is 0.410 e. The summed E-state index contributed by atoms with van der Waals surface area (Å²) in [5.41, 5.74) is 0.855. The van der Waals surface area contributed by atoms with Crippen LogP contribution in [0.15, 0.2) is 42.5 Å². The average molecular weight is 287 g/mol. The van der Waals surface area contributed by atoms with E-state index in [0.29, 0.717) is 0 Å². The van der Waals surface area contributed by atoms with Gasteiger partial charge in [0.25, 0.3) is 0 Å². The summed E-state index contributed by atoms with van der Waals surface area (Å²) in [4.78, 5) is 14.0. The maximum absolute atomic E-state index is 12.2. The molecule has 1 fully saturated rings.